The Balaban J connectivity index is 2.12. The van der Waals surface area contributed by atoms with E-state index in [1.807, 2.05) is 24.0 Å². The number of hydrogen-bond acceptors (Lipinski definition) is 4. The van der Waals surface area contributed by atoms with Gasteiger partial charge in [0, 0.05) is 21.7 Å². The lowest BCUT2D eigenvalue weighted by Crippen LogP contribution is -2.38. The van der Waals surface area contributed by atoms with E-state index in [2.05, 4.69) is 27.5 Å². The SMILES string of the molecule is C=Cc1c(/C(Br)=C(/CN2CCCCC2)CC(F)(F)F)[nH]c(=O)n(Cc2cc(CC)ccc2S(=O)CC)c1=O. The van der Waals surface area contributed by atoms with Crippen molar-refractivity contribution in [3.05, 3.63) is 73.6 Å². The number of hydrogen-bond donors (Lipinski definition) is 1. The normalized spacial score (nSPS) is 16.3. The van der Waals surface area contributed by atoms with Gasteiger partial charge in [-0.1, -0.05) is 45.1 Å². The number of nitrogens with zero attached hydrogens (tertiary/aromatic N) is 2. The lowest BCUT2D eigenvalue weighted by molar-refractivity contribution is -0.127. The first-order chi connectivity index (χ1) is 18.0. The quantitative estimate of drug-likeness (QED) is 0.385. The molecule has 1 aliphatic rings. The molecule has 0 saturated carbocycles. The molecule has 38 heavy (non-hydrogen) atoms. The van der Waals surface area contributed by atoms with Crippen LogP contribution in [0.1, 0.15) is 61.9 Å². The van der Waals surface area contributed by atoms with E-state index >= 15 is 0 Å². The van der Waals surface area contributed by atoms with Crippen LogP contribution >= 0.6 is 15.9 Å². The second kappa shape index (κ2) is 13.2. The van der Waals surface area contributed by atoms with Gasteiger partial charge < -0.3 is 4.98 Å². The highest BCUT2D eigenvalue weighted by Crippen LogP contribution is 2.34. The second-order valence-electron chi connectivity index (χ2n) is 9.29. The molecule has 1 aromatic heterocycles. The van der Waals surface area contributed by atoms with Crippen LogP contribution in [0.4, 0.5) is 13.2 Å². The third kappa shape index (κ3) is 7.45. The summed E-state index contributed by atoms with van der Waals surface area (Å²) in [5.74, 6) is 0.372. The van der Waals surface area contributed by atoms with E-state index in [0.29, 0.717) is 35.7 Å². The molecule has 3 rings (SSSR count). The van der Waals surface area contributed by atoms with Crippen molar-refractivity contribution >= 4 is 37.3 Å². The number of piperidine rings is 1. The molecule has 0 bridgehead atoms. The summed E-state index contributed by atoms with van der Waals surface area (Å²) in [4.78, 5) is 31.7. The zero-order valence-electron chi connectivity index (χ0n) is 21.6. The lowest BCUT2D eigenvalue weighted by atomic mass is 10.0. The van der Waals surface area contributed by atoms with Crippen LogP contribution in [0.25, 0.3) is 10.6 Å². The maximum Gasteiger partial charge on any atom is 0.392 e. The minimum Gasteiger partial charge on any atom is -0.306 e. The molecule has 0 spiro atoms. The monoisotopic (exact) mass is 615 g/mol. The molecule has 1 fully saturated rings. The van der Waals surface area contributed by atoms with Gasteiger partial charge >= 0.3 is 11.9 Å². The Morgan fingerprint density at radius 3 is 2.45 bits per heavy atom. The molecule has 208 valence electrons. The number of aryl methyl sites for hydroxylation is 1. The van der Waals surface area contributed by atoms with Crippen LogP contribution in [0, 0.1) is 0 Å². The van der Waals surface area contributed by atoms with Crippen molar-refractivity contribution in [3.8, 4) is 0 Å². The minimum absolute atomic E-state index is 0.0143. The fraction of sp³-hybridized carbons (Fsp3) is 0.481. The molecular weight excluding hydrogens is 583 g/mol. The molecule has 1 unspecified atom stereocenters. The van der Waals surface area contributed by atoms with E-state index in [1.54, 1.807) is 13.0 Å². The number of aromatic nitrogens is 2. The summed E-state index contributed by atoms with van der Waals surface area (Å²) in [6, 6.07) is 5.44. The standard InChI is InChI=1S/C27H33BrF3N3O3S/c1-4-18-10-11-22(38(37)6-3)19(14-18)17-34-25(35)21(5-2)24(32-26(34)36)23(28)20(15-27(29,30)31)16-33-12-8-7-9-13-33/h5,10-11,14H,2,4,6-9,12-13,15-17H2,1,3H3,(H,32,36)/b23-20-. The fourth-order valence-electron chi connectivity index (χ4n) is 4.63. The van der Waals surface area contributed by atoms with E-state index < -0.39 is 34.6 Å². The number of halogens is 4. The van der Waals surface area contributed by atoms with E-state index in [9.17, 15) is 27.0 Å². The average Bonchev–Trinajstić information content (AvgIpc) is 2.89. The Kier molecular flexibility index (Phi) is 10.5. The number of aromatic amines is 1. The summed E-state index contributed by atoms with van der Waals surface area (Å²) in [6.45, 7) is 8.74. The molecule has 1 aromatic carbocycles. The van der Waals surface area contributed by atoms with E-state index in [4.69, 9.17) is 0 Å². The average molecular weight is 617 g/mol. The van der Waals surface area contributed by atoms with E-state index in [0.717, 1.165) is 29.4 Å². The topological polar surface area (TPSA) is 75.2 Å². The third-order valence-corrected chi connectivity index (χ3v) is 8.97. The predicted octanol–water partition coefficient (Wildman–Crippen LogP) is 5.46. The van der Waals surface area contributed by atoms with Gasteiger partial charge in [-0.25, -0.2) is 4.79 Å². The molecular formula is C27H33BrF3N3O3S. The third-order valence-electron chi connectivity index (χ3n) is 6.60. The lowest BCUT2D eigenvalue weighted by Gasteiger charge is -2.28. The van der Waals surface area contributed by atoms with Crippen molar-refractivity contribution in [3.63, 3.8) is 0 Å². The smallest absolute Gasteiger partial charge is 0.306 e. The summed E-state index contributed by atoms with van der Waals surface area (Å²) in [5, 5.41) is 0. The zero-order valence-corrected chi connectivity index (χ0v) is 24.0. The predicted molar refractivity (Wildman–Crippen MR) is 150 cm³/mol. The largest absolute Gasteiger partial charge is 0.392 e. The van der Waals surface area contributed by atoms with Crippen molar-refractivity contribution in [1.82, 2.24) is 14.5 Å². The highest BCUT2D eigenvalue weighted by Gasteiger charge is 2.32. The number of rotatable bonds is 10. The fourth-order valence-corrected chi connectivity index (χ4v) is 6.15. The Bertz CT molecular complexity index is 1340. The van der Waals surface area contributed by atoms with Gasteiger partial charge in [0.2, 0.25) is 0 Å². The van der Waals surface area contributed by atoms with Gasteiger partial charge in [0.05, 0.1) is 35.0 Å². The van der Waals surface area contributed by atoms with E-state index in [1.165, 1.54) is 6.08 Å². The molecule has 2 heterocycles. The molecule has 1 saturated heterocycles. The van der Waals surface area contributed by atoms with Crippen molar-refractivity contribution in [1.29, 1.82) is 0 Å². The van der Waals surface area contributed by atoms with Crippen LogP contribution < -0.4 is 11.2 Å². The van der Waals surface area contributed by atoms with Crippen molar-refractivity contribution in [2.75, 3.05) is 25.4 Å². The Morgan fingerprint density at radius 2 is 1.87 bits per heavy atom. The van der Waals surface area contributed by atoms with Gasteiger partial charge in [0.15, 0.2) is 0 Å². The number of nitrogens with one attached hydrogen (secondary N) is 1. The second-order valence-corrected chi connectivity index (χ2v) is 11.8. The molecule has 2 aromatic rings. The first kappa shape index (κ1) is 30.3. The van der Waals surface area contributed by atoms with Crippen LogP contribution in [0.3, 0.4) is 0 Å². The van der Waals surface area contributed by atoms with Crippen molar-refractivity contribution in [2.45, 2.75) is 63.6 Å². The maximum atomic E-state index is 13.5. The molecule has 11 heteroatoms. The summed E-state index contributed by atoms with van der Waals surface area (Å²) < 4.78 is 54.2. The van der Waals surface area contributed by atoms with Crippen LogP contribution in [0.5, 0.6) is 0 Å². The first-order valence-corrected chi connectivity index (χ1v) is 14.8. The van der Waals surface area contributed by atoms with Gasteiger partial charge in [0.1, 0.15) is 0 Å². The number of H-pyrrole nitrogens is 1. The highest BCUT2D eigenvalue weighted by molar-refractivity contribution is 9.15. The minimum atomic E-state index is -4.47. The van der Waals surface area contributed by atoms with Gasteiger partial charge in [0.25, 0.3) is 5.56 Å². The summed E-state index contributed by atoms with van der Waals surface area (Å²) in [7, 11) is -1.31. The van der Waals surface area contributed by atoms with Gasteiger partial charge in [-0.2, -0.15) is 13.2 Å². The zero-order chi connectivity index (χ0) is 28.0. The summed E-state index contributed by atoms with van der Waals surface area (Å²) >= 11 is 3.29. The van der Waals surface area contributed by atoms with Crippen LogP contribution in [0.2, 0.25) is 0 Å². The Hall–Kier alpha value is -2.24. The van der Waals surface area contributed by atoms with E-state index in [-0.39, 0.29) is 34.4 Å². The highest BCUT2D eigenvalue weighted by atomic mass is 79.9. The molecule has 1 N–H and O–H groups in total. The number of benzene rings is 1. The molecule has 0 amide bonds. The molecule has 6 nitrogen and oxygen atoms in total. The summed E-state index contributed by atoms with van der Waals surface area (Å²) in [6.07, 6.45) is -0.838. The molecule has 1 aliphatic heterocycles. The number of likely N-dealkylation sites (tertiary alicyclic amines) is 1. The van der Waals surface area contributed by atoms with Crippen LogP contribution in [0.15, 0.2) is 44.8 Å². The van der Waals surface area contributed by atoms with Crippen LogP contribution in [-0.4, -0.2) is 50.2 Å². The number of alkyl halides is 3. The molecule has 0 radical (unpaired) electrons. The Morgan fingerprint density at radius 1 is 1.18 bits per heavy atom. The first-order valence-electron chi connectivity index (χ1n) is 12.7. The van der Waals surface area contributed by atoms with Crippen molar-refractivity contribution < 1.29 is 17.4 Å². The van der Waals surface area contributed by atoms with Gasteiger partial charge in [-0.3, -0.25) is 18.5 Å². The maximum absolute atomic E-state index is 13.5. The van der Waals surface area contributed by atoms with Crippen LogP contribution in [-0.2, 0) is 23.8 Å². The molecule has 0 aliphatic carbocycles. The van der Waals surface area contributed by atoms with Gasteiger partial charge in [-0.05, 0) is 71.0 Å². The Labute approximate surface area is 231 Å². The van der Waals surface area contributed by atoms with Crippen molar-refractivity contribution in [2.24, 2.45) is 0 Å². The van der Waals surface area contributed by atoms with Gasteiger partial charge in [-0.15, -0.1) is 0 Å². The molecule has 1 atom stereocenters. The summed E-state index contributed by atoms with van der Waals surface area (Å²) in [5.41, 5.74) is 0.0787.